The molecule has 4 atom stereocenters. The predicted octanol–water partition coefficient (Wildman–Crippen LogP) is 6.05. The maximum atomic E-state index is 14.5. The monoisotopic (exact) mass is 510 g/mol. The number of amides is 1. The summed E-state index contributed by atoms with van der Waals surface area (Å²) in [6.07, 6.45) is 3.86. The lowest BCUT2D eigenvalue weighted by atomic mass is 9.62. The molecule has 1 amide bonds. The summed E-state index contributed by atoms with van der Waals surface area (Å²) in [4.78, 5) is 45.0. The minimum atomic E-state index is -1.31. The zero-order valence-corrected chi connectivity index (χ0v) is 21.6. The summed E-state index contributed by atoms with van der Waals surface area (Å²) >= 11 is 6.13. The second-order valence-electron chi connectivity index (χ2n) is 11.1. The van der Waals surface area contributed by atoms with E-state index in [4.69, 9.17) is 11.6 Å². The predicted molar refractivity (Wildman–Crippen MR) is 144 cm³/mol. The van der Waals surface area contributed by atoms with E-state index < -0.39 is 28.8 Å². The Bertz CT molecular complexity index is 1490. The third-order valence-electron chi connectivity index (χ3n) is 7.99. The fourth-order valence-electron chi connectivity index (χ4n) is 6.41. The number of carbonyl (C=O) groups excluding carboxylic acids is 3. The van der Waals surface area contributed by atoms with Gasteiger partial charge in [0.1, 0.15) is 5.41 Å². The summed E-state index contributed by atoms with van der Waals surface area (Å²) in [5.74, 6) is -1.54. The number of hydrogen-bond acceptors (Lipinski definition) is 4. The Balaban J connectivity index is 1.69. The Morgan fingerprint density at radius 3 is 2.35 bits per heavy atom. The van der Waals surface area contributed by atoms with Gasteiger partial charge in [-0.3, -0.25) is 14.4 Å². The first-order valence-electron chi connectivity index (χ1n) is 12.5. The van der Waals surface area contributed by atoms with Crippen LogP contribution in [0.25, 0.3) is 6.08 Å². The molecule has 3 heterocycles. The number of rotatable bonds is 3. The smallest absolute Gasteiger partial charge is 0.238 e. The topological polar surface area (TPSA) is 66.5 Å². The van der Waals surface area contributed by atoms with E-state index >= 15 is 0 Å². The standard InChI is InChI=1S/C31H27ClN2O3/c1-30(2,3)28(36)25-24(26(35)19-12-14-20(32)15-13-19)31(22-10-6-7-11-23(22)33-29(31)37)27-21-9-5-4-8-18(21)16-17-34(25)27/h4-17,24-25,27H,1-3H3,(H,33,37)/t24-,25+,27+,31-/m0/s1. The summed E-state index contributed by atoms with van der Waals surface area (Å²) in [5.41, 5.74) is 1.71. The average molecular weight is 511 g/mol. The molecule has 186 valence electrons. The first kappa shape index (κ1) is 23.7. The van der Waals surface area contributed by atoms with E-state index in [2.05, 4.69) is 5.32 Å². The number of nitrogens with zero attached hydrogens (tertiary/aromatic N) is 1. The van der Waals surface area contributed by atoms with Crippen molar-refractivity contribution in [1.82, 2.24) is 4.90 Å². The van der Waals surface area contributed by atoms with Crippen LogP contribution in [0.1, 0.15) is 53.9 Å². The average Bonchev–Trinajstić information content (AvgIpc) is 3.35. The van der Waals surface area contributed by atoms with Crippen molar-refractivity contribution in [3.05, 3.63) is 106 Å². The summed E-state index contributed by atoms with van der Waals surface area (Å²) in [6, 6.07) is 20.8. The Kier molecular flexibility index (Phi) is 5.22. The molecule has 3 aliphatic heterocycles. The van der Waals surface area contributed by atoms with Gasteiger partial charge in [-0.1, -0.05) is 74.8 Å². The van der Waals surface area contributed by atoms with E-state index in [1.54, 1.807) is 24.3 Å². The Morgan fingerprint density at radius 1 is 0.946 bits per heavy atom. The molecule has 3 aromatic rings. The zero-order valence-electron chi connectivity index (χ0n) is 20.9. The number of hydrogen-bond donors (Lipinski definition) is 1. The zero-order chi connectivity index (χ0) is 26.1. The number of carbonyl (C=O) groups is 3. The highest BCUT2D eigenvalue weighted by Crippen LogP contribution is 2.62. The third-order valence-corrected chi connectivity index (χ3v) is 8.24. The highest BCUT2D eigenvalue weighted by Gasteiger charge is 2.71. The quantitative estimate of drug-likeness (QED) is 0.435. The van der Waals surface area contributed by atoms with Crippen LogP contribution in [0.5, 0.6) is 0 Å². The van der Waals surface area contributed by atoms with E-state index in [-0.39, 0.29) is 17.5 Å². The van der Waals surface area contributed by atoms with Gasteiger partial charge < -0.3 is 10.2 Å². The van der Waals surface area contributed by atoms with Gasteiger partial charge in [-0.05, 0) is 53.1 Å². The number of anilines is 1. The second-order valence-corrected chi connectivity index (χ2v) is 11.5. The molecule has 1 saturated heterocycles. The number of fused-ring (bicyclic) bond motifs is 6. The molecule has 6 rings (SSSR count). The maximum Gasteiger partial charge on any atom is 0.238 e. The Labute approximate surface area is 221 Å². The molecule has 1 N–H and O–H groups in total. The molecule has 37 heavy (non-hydrogen) atoms. The maximum absolute atomic E-state index is 14.5. The molecule has 3 aromatic carbocycles. The van der Waals surface area contributed by atoms with E-state index in [1.165, 1.54) is 0 Å². The molecular weight excluding hydrogens is 484 g/mol. The first-order valence-corrected chi connectivity index (χ1v) is 12.8. The van der Waals surface area contributed by atoms with Crippen molar-refractivity contribution in [3.63, 3.8) is 0 Å². The van der Waals surface area contributed by atoms with Crippen LogP contribution in [-0.2, 0) is 15.0 Å². The molecule has 0 unspecified atom stereocenters. The fraction of sp³-hybridized carbons (Fsp3) is 0.258. The van der Waals surface area contributed by atoms with Crippen molar-refractivity contribution in [2.24, 2.45) is 11.3 Å². The van der Waals surface area contributed by atoms with Crippen LogP contribution in [0.15, 0.2) is 79.0 Å². The van der Waals surface area contributed by atoms with Gasteiger partial charge in [0, 0.05) is 27.9 Å². The minimum absolute atomic E-state index is 0.0806. The molecule has 0 radical (unpaired) electrons. The highest BCUT2D eigenvalue weighted by atomic mass is 35.5. The number of Topliss-reactive ketones (excluding diaryl/α,β-unsaturated/α-hetero) is 2. The van der Waals surface area contributed by atoms with Gasteiger partial charge in [0.15, 0.2) is 11.6 Å². The van der Waals surface area contributed by atoms with Crippen molar-refractivity contribution >= 4 is 40.8 Å². The number of halogens is 1. The van der Waals surface area contributed by atoms with Crippen LogP contribution in [0.2, 0.25) is 5.02 Å². The van der Waals surface area contributed by atoms with Gasteiger partial charge >= 0.3 is 0 Å². The molecular formula is C31H27ClN2O3. The molecule has 0 saturated carbocycles. The summed E-state index contributed by atoms with van der Waals surface area (Å²) in [7, 11) is 0. The van der Waals surface area contributed by atoms with Crippen molar-refractivity contribution in [1.29, 1.82) is 0 Å². The first-order chi connectivity index (χ1) is 17.7. The molecule has 6 heteroatoms. The Morgan fingerprint density at radius 2 is 1.62 bits per heavy atom. The van der Waals surface area contributed by atoms with Gasteiger partial charge in [-0.25, -0.2) is 0 Å². The molecule has 0 aromatic heterocycles. The van der Waals surface area contributed by atoms with Crippen LogP contribution < -0.4 is 5.32 Å². The van der Waals surface area contributed by atoms with E-state index in [9.17, 15) is 14.4 Å². The largest absolute Gasteiger partial charge is 0.358 e. The molecule has 1 fully saturated rings. The molecule has 0 aliphatic carbocycles. The lowest BCUT2D eigenvalue weighted by Gasteiger charge is -2.38. The van der Waals surface area contributed by atoms with Crippen molar-refractivity contribution < 1.29 is 14.4 Å². The summed E-state index contributed by atoms with van der Waals surface area (Å²) in [6.45, 7) is 5.59. The van der Waals surface area contributed by atoms with E-state index in [0.717, 1.165) is 16.7 Å². The SMILES string of the molecule is CC(C)(C)C(=O)[C@H]1[C@@H](C(=O)c2ccc(Cl)cc2)[C@]2(C(=O)Nc3ccccc32)[C@H]2c3ccccc3C=CN12. The molecule has 3 aliphatic rings. The second kappa shape index (κ2) is 8.15. The fourth-order valence-corrected chi connectivity index (χ4v) is 6.53. The van der Waals surface area contributed by atoms with Gasteiger partial charge in [0.25, 0.3) is 0 Å². The Hall–Kier alpha value is -3.70. The van der Waals surface area contributed by atoms with Gasteiger partial charge in [-0.2, -0.15) is 0 Å². The molecule has 0 bridgehead atoms. The van der Waals surface area contributed by atoms with Crippen molar-refractivity contribution in [3.8, 4) is 0 Å². The van der Waals surface area contributed by atoms with Gasteiger partial charge in [-0.15, -0.1) is 0 Å². The summed E-state index contributed by atoms with van der Waals surface area (Å²) in [5, 5.41) is 3.58. The third kappa shape index (κ3) is 3.27. The number of ketones is 2. The van der Waals surface area contributed by atoms with Crippen LogP contribution in [0.3, 0.4) is 0 Å². The molecule has 1 spiro atoms. The number of nitrogens with one attached hydrogen (secondary N) is 1. The van der Waals surface area contributed by atoms with Gasteiger partial charge in [0.2, 0.25) is 5.91 Å². The van der Waals surface area contributed by atoms with Crippen molar-refractivity contribution in [2.75, 3.05) is 5.32 Å². The van der Waals surface area contributed by atoms with Crippen LogP contribution >= 0.6 is 11.6 Å². The van der Waals surface area contributed by atoms with Crippen molar-refractivity contribution in [2.45, 2.75) is 38.3 Å². The lowest BCUT2D eigenvalue weighted by molar-refractivity contribution is -0.131. The minimum Gasteiger partial charge on any atom is -0.358 e. The normalized spacial score (nSPS) is 25.5. The van der Waals surface area contributed by atoms with E-state index in [0.29, 0.717) is 16.3 Å². The van der Waals surface area contributed by atoms with Crippen LogP contribution in [0.4, 0.5) is 5.69 Å². The van der Waals surface area contributed by atoms with Gasteiger partial charge in [0.05, 0.1) is 18.0 Å². The molecule has 5 nitrogen and oxygen atoms in total. The van der Waals surface area contributed by atoms with E-state index in [1.807, 2.05) is 86.5 Å². The summed E-state index contributed by atoms with van der Waals surface area (Å²) < 4.78 is 0. The highest BCUT2D eigenvalue weighted by molar-refractivity contribution is 6.30. The number of benzene rings is 3. The van der Waals surface area contributed by atoms with Crippen LogP contribution in [-0.4, -0.2) is 28.4 Å². The number of para-hydroxylation sites is 1. The van der Waals surface area contributed by atoms with Crippen LogP contribution in [0, 0.1) is 11.3 Å². The lowest BCUT2D eigenvalue weighted by Crippen LogP contribution is -2.50.